The molecule has 1 aromatic heterocycles. The van der Waals surface area contributed by atoms with E-state index in [1.165, 1.54) is 6.33 Å². The van der Waals surface area contributed by atoms with Crippen molar-refractivity contribution in [2.45, 2.75) is 18.9 Å². The summed E-state index contributed by atoms with van der Waals surface area (Å²) in [6.45, 7) is 5.23. The first-order valence-electron chi connectivity index (χ1n) is 10.5. The van der Waals surface area contributed by atoms with Gasteiger partial charge in [-0.1, -0.05) is 35.9 Å². The Morgan fingerprint density at radius 2 is 2.00 bits per heavy atom. The van der Waals surface area contributed by atoms with Crippen LogP contribution < -0.4 is 11.1 Å². The molecule has 2 aromatic rings. The van der Waals surface area contributed by atoms with Crippen molar-refractivity contribution in [3.63, 3.8) is 0 Å². The van der Waals surface area contributed by atoms with Gasteiger partial charge in [0.05, 0.1) is 0 Å². The summed E-state index contributed by atoms with van der Waals surface area (Å²) in [5.41, 5.74) is 9.15. The second-order valence-corrected chi connectivity index (χ2v) is 8.66. The van der Waals surface area contributed by atoms with Crippen molar-refractivity contribution >= 4 is 40.3 Å². The molecule has 0 saturated carbocycles. The minimum atomic E-state index is -0.999. The predicted octanol–water partition coefficient (Wildman–Crippen LogP) is 3.18. The van der Waals surface area contributed by atoms with Gasteiger partial charge in [0, 0.05) is 31.9 Å². The van der Waals surface area contributed by atoms with Crippen LogP contribution >= 0.6 is 11.6 Å². The number of hydrogen-bond donors (Lipinski definition) is 3. The number of nitrogens with two attached hydrogens (primary N) is 1. The number of aliphatic carboxylic acids is 1. The summed E-state index contributed by atoms with van der Waals surface area (Å²) in [5.74, 6) is -0.371. The van der Waals surface area contributed by atoms with Crippen LogP contribution in [0.5, 0.6) is 0 Å². The molecule has 0 bridgehead atoms. The molecule has 1 aliphatic carbocycles. The van der Waals surface area contributed by atoms with E-state index in [-0.39, 0.29) is 10.8 Å². The number of piperazine rings is 1. The van der Waals surface area contributed by atoms with Crippen LogP contribution in [0.25, 0.3) is 5.57 Å². The summed E-state index contributed by atoms with van der Waals surface area (Å²) in [6, 6.07) is 5.95. The van der Waals surface area contributed by atoms with Crippen LogP contribution in [0.15, 0.2) is 42.8 Å². The largest absolute Gasteiger partial charge is 0.480 e. The molecule has 32 heavy (non-hydrogen) atoms. The zero-order valence-corrected chi connectivity index (χ0v) is 18.9. The van der Waals surface area contributed by atoms with Crippen molar-refractivity contribution in [2.75, 3.05) is 44.3 Å². The molecule has 0 amide bonds. The molecule has 2 aliphatic rings. The molecular weight excluding hydrogens is 428 g/mol. The maximum Gasteiger partial charge on any atom is 0.328 e. The van der Waals surface area contributed by atoms with Crippen molar-refractivity contribution in [1.29, 1.82) is 0 Å². The molecule has 0 spiro atoms. The number of halogens is 1. The lowest BCUT2D eigenvalue weighted by Crippen LogP contribution is -2.59. The Balaban J connectivity index is 1.59. The van der Waals surface area contributed by atoms with Crippen molar-refractivity contribution in [3.8, 4) is 0 Å². The number of benzene rings is 1. The summed E-state index contributed by atoms with van der Waals surface area (Å²) in [5, 5.41) is 13.5. The molecule has 8 nitrogen and oxygen atoms in total. The Hall–Kier alpha value is -2.94. The molecule has 1 aliphatic heterocycles. The molecule has 168 valence electrons. The van der Waals surface area contributed by atoms with Crippen LogP contribution in [0.3, 0.4) is 0 Å². The Labute approximate surface area is 192 Å². The van der Waals surface area contributed by atoms with Gasteiger partial charge in [-0.2, -0.15) is 0 Å². The topological polar surface area (TPSA) is 108 Å². The molecular formula is C23H27ClN6O2. The van der Waals surface area contributed by atoms with Crippen molar-refractivity contribution in [2.24, 2.45) is 0 Å². The molecule has 2 heterocycles. The van der Waals surface area contributed by atoms with E-state index in [0.717, 1.165) is 48.6 Å². The summed E-state index contributed by atoms with van der Waals surface area (Å²) >= 11 is 5.99. The Bertz CT molecular complexity index is 1090. The molecule has 1 aromatic carbocycles. The number of aromatic nitrogens is 2. The number of carbonyl (C=O) groups is 1. The quantitative estimate of drug-likeness (QED) is 0.591. The third-order valence-corrected chi connectivity index (χ3v) is 6.56. The number of allylic oxidation sites excluding steroid dienone is 2. The van der Waals surface area contributed by atoms with E-state index in [4.69, 9.17) is 17.3 Å². The minimum absolute atomic E-state index is 0.196. The lowest BCUT2D eigenvalue weighted by Gasteiger charge is -2.43. The van der Waals surface area contributed by atoms with Gasteiger partial charge in [0.1, 0.15) is 17.6 Å². The maximum absolute atomic E-state index is 12.3. The number of rotatable bonds is 5. The van der Waals surface area contributed by atoms with E-state index >= 15 is 0 Å². The number of carboxylic acid groups (broad SMARTS) is 1. The summed E-state index contributed by atoms with van der Waals surface area (Å²) in [7, 11) is 2.06. The predicted molar refractivity (Wildman–Crippen MR) is 127 cm³/mol. The third-order valence-electron chi connectivity index (χ3n) is 6.26. The Morgan fingerprint density at radius 1 is 1.25 bits per heavy atom. The lowest BCUT2D eigenvalue weighted by molar-refractivity contribution is -0.149. The first-order chi connectivity index (χ1) is 15.3. The van der Waals surface area contributed by atoms with Gasteiger partial charge < -0.3 is 21.1 Å². The number of likely N-dealkylation sites (N-methyl/N-ethyl adjacent to an activating group) is 1. The number of hydrogen-bond acceptors (Lipinski definition) is 7. The van der Waals surface area contributed by atoms with E-state index in [1.54, 1.807) is 0 Å². The molecule has 4 rings (SSSR count). The molecule has 0 radical (unpaired) electrons. The van der Waals surface area contributed by atoms with Gasteiger partial charge in [0.15, 0.2) is 11.0 Å². The van der Waals surface area contributed by atoms with Gasteiger partial charge in [-0.05, 0) is 49.2 Å². The first-order valence-corrected chi connectivity index (χ1v) is 10.9. The second kappa shape index (κ2) is 8.90. The van der Waals surface area contributed by atoms with Crippen molar-refractivity contribution in [3.05, 3.63) is 59.0 Å². The van der Waals surface area contributed by atoms with E-state index in [2.05, 4.69) is 32.1 Å². The van der Waals surface area contributed by atoms with Gasteiger partial charge in [-0.25, -0.2) is 14.8 Å². The number of aryl methyl sites for hydroxylation is 1. The van der Waals surface area contributed by atoms with E-state index < -0.39 is 11.5 Å². The molecule has 1 saturated heterocycles. The van der Waals surface area contributed by atoms with Gasteiger partial charge in [0.2, 0.25) is 0 Å². The fraction of sp³-hybridized carbons (Fsp3) is 0.348. The number of anilines is 3. The highest BCUT2D eigenvalue weighted by Crippen LogP contribution is 2.35. The van der Waals surface area contributed by atoms with Gasteiger partial charge in [-0.3, -0.25) is 4.90 Å². The fourth-order valence-electron chi connectivity index (χ4n) is 4.18. The van der Waals surface area contributed by atoms with Gasteiger partial charge in [-0.15, -0.1) is 0 Å². The standard InChI is InChI=1S/C23H27ClN6O2/c1-15-3-4-17(28-21-19(25)20(24)26-14-27-21)13-18(15)16-5-7-23(8-6-16,22(31)32)30-11-9-29(2)10-12-30/h3-7,13-14H,8-12,25H2,1-2H3,(H,31,32)(H,26,27,28). The van der Waals surface area contributed by atoms with Gasteiger partial charge in [0.25, 0.3) is 0 Å². The average molecular weight is 455 g/mol. The molecule has 4 N–H and O–H groups in total. The SMILES string of the molecule is Cc1ccc(Nc2ncnc(Cl)c2N)cc1C1=CCC(C(=O)O)(N2CCN(C)CC2)C=C1. The Morgan fingerprint density at radius 3 is 2.66 bits per heavy atom. The van der Waals surface area contributed by atoms with Crippen molar-refractivity contribution in [1.82, 2.24) is 19.8 Å². The molecule has 1 unspecified atom stereocenters. The Kier molecular flexibility index (Phi) is 6.19. The number of carboxylic acids is 1. The highest BCUT2D eigenvalue weighted by Gasteiger charge is 2.43. The van der Waals surface area contributed by atoms with E-state index in [1.807, 2.05) is 43.4 Å². The second-order valence-electron chi connectivity index (χ2n) is 8.30. The number of nitrogen functional groups attached to an aromatic ring is 1. The number of nitrogens with one attached hydrogen (secondary N) is 1. The average Bonchev–Trinajstić information content (AvgIpc) is 2.78. The van der Waals surface area contributed by atoms with Crippen LogP contribution in [0, 0.1) is 6.92 Å². The lowest BCUT2D eigenvalue weighted by atomic mass is 9.84. The maximum atomic E-state index is 12.3. The summed E-state index contributed by atoms with van der Waals surface area (Å²) in [4.78, 5) is 24.6. The summed E-state index contributed by atoms with van der Waals surface area (Å²) in [6.07, 6.45) is 7.57. The zero-order chi connectivity index (χ0) is 22.9. The van der Waals surface area contributed by atoms with Crippen LogP contribution in [-0.2, 0) is 4.79 Å². The minimum Gasteiger partial charge on any atom is -0.480 e. The van der Waals surface area contributed by atoms with E-state index in [9.17, 15) is 9.90 Å². The highest BCUT2D eigenvalue weighted by atomic mass is 35.5. The van der Waals surface area contributed by atoms with Crippen LogP contribution in [-0.4, -0.2) is 69.6 Å². The van der Waals surface area contributed by atoms with Crippen LogP contribution in [0.2, 0.25) is 5.15 Å². The smallest absolute Gasteiger partial charge is 0.328 e. The molecule has 9 heteroatoms. The normalized spacial score (nSPS) is 21.9. The fourth-order valence-corrected chi connectivity index (χ4v) is 4.32. The number of nitrogens with zero attached hydrogens (tertiary/aromatic N) is 4. The van der Waals surface area contributed by atoms with Crippen LogP contribution in [0.4, 0.5) is 17.2 Å². The molecule has 1 atom stereocenters. The zero-order valence-electron chi connectivity index (χ0n) is 18.2. The highest BCUT2D eigenvalue weighted by molar-refractivity contribution is 6.32. The first kappa shape index (κ1) is 22.3. The molecule has 1 fully saturated rings. The van der Waals surface area contributed by atoms with E-state index in [0.29, 0.717) is 12.2 Å². The van der Waals surface area contributed by atoms with Crippen molar-refractivity contribution < 1.29 is 9.90 Å². The summed E-state index contributed by atoms with van der Waals surface area (Å²) < 4.78 is 0. The van der Waals surface area contributed by atoms with Crippen LogP contribution in [0.1, 0.15) is 17.5 Å². The van der Waals surface area contributed by atoms with Gasteiger partial charge >= 0.3 is 5.97 Å². The monoisotopic (exact) mass is 454 g/mol. The third kappa shape index (κ3) is 4.21.